The molecule has 2 amide bonds. The van der Waals surface area contributed by atoms with E-state index >= 15 is 8.78 Å². The fourth-order valence-electron chi connectivity index (χ4n) is 11.3. The number of carbonyl (C=O) groups excluding carboxylic acids is 2. The van der Waals surface area contributed by atoms with Crippen molar-refractivity contribution in [3.05, 3.63) is 89.2 Å². The fourth-order valence-corrected chi connectivity index (χ4v) is 11.3. The molecule has 414 valence electrons. The lowest BCUT2D eigenvalue weighted by Gasteiger charge is -2.53. The Hall–Kier alpha value is -7.91. The normalized spacial score (nSPS) is 17.8. The summed E-state index contributed by atoms with van der Waals surface area (Å²) < 4.78 is 80.1. The van der Waals surface area contributed by atoms with Gasteiger partial charge in [0.15, 0.2) is 40.4 Å². The Balaban J connectivity index is 0.697. The zero-order valence-electron chi connectivity index (χ0n) is 45.0. The molecule has 9 heterocycles. The summed E-state index contributed by atoms with van der Waals surface area (Å²) in [5, 5.41) is 1.36. The number of amides is 2. The number of fused-ring (bicyclic) bond motifs is 3. The highest BCUT2D eigenvalue weighted by molar-refractivity contribution is 5.89. The summed E-state index contributed by atoms with van der Waals surface area (Å²) in [7, 11) is 3.05. The first-order valence-corrected chi connectivity index (χ1v) is 26.7. The standard InChI is InChI=1S/C58H63F2N9O10/c1-33-23-38-52(60)46(28-63-54(38)66-33)79-56-37-25-43(73-6)45(27-40(37)64-32-65-56)76-22-8-10-48(71)69-19-14-58(15-20-69)31-77-53(58)49-34(2)67-55(61-4)50(49)51(59)35(3)78-41-11-16-62-39-26-44(42(72-5)24-36(39)41)75-21-7-9-47(70)68-17-12-57(13-18-68)29-74-30-57/h11,16,23-28,32,53,67H,4,7-10,12-15,17-22,29-31H2,1-3,5-6H3,(H,63,66)/b51-35-. The molecule has 4 saturated heterocycles. The highest BCUT2D eigenvalue weighted by atomic mass is 19.1. The predicted molar refractivity (Wildman–Crippen MR) is 290 cm³/mol. The maximum Gasteiger partial charge on any atom is 0.230 e. The molecule has 79 heavy (non-hydrogen) atoms. The van der Waals surface area contributed by atoms with E-state index in [9.17, 15) is 9.59 Å². The summed E-state index contributed by atoms with van der Waals surface area (Å²) in [5.74, 6) is 1.27. The molecule has 4 aliphatic heterocycles. The zero-order chi connectivity index (χ0) is 55.0. The number of nitrogens with zero attached hydrogens (tertiary/aromatic N) is 7. The number of H-pyrrole nitrogens is 2. The molecule has 7 aromatic rings. The number of aliphatic imine (C=N–C) groups is 1. The van der Waals surface area contributed by atoms with Gasteiger partial charge in [0.2, 0.25) is 17.7 Å². The van der Waals surface area contributed by atoms with Crippen LogP contribution in [-0.4, -0.2) is 132 Å². The van der Waals surface area contributed by atoms with Crippen LogP contribution < -0.4 is 28.4 Å². The van der Waals surface area contributed by atoms with E-state index in [2.05, 4.69) is 41.6 Å². The van der Waals surface area contributed by atoms with Gasteiger partial charge in [-0.05, 0) is 90.3 Å². The Morgan fingerprint density at radius 3 is 2.04 bits per heavy atom. The van der Waals surface area contributed by atoms with Gasteiger partial charge in [-0.3, -0.25) is 14.6 Å². The molecule has 0 aliphatic carbocycles. The highest BCUT2D eigenvalue weighted by Gasteiger charge is 2.53. The van der Waals surface area contributed by atoms with Crippen molar-refractivity contribution in [1.29, 1.82) is 0 Å². The molecule has 1 unspecified atom stereocenters. The van der Waals surface area contributed by atoms with Gasteiger partial charge in [-0.15, -0.1) is 0 Å². The second kappa shape index (κ2) is 22.1. The molecule has 0 radical (unpaired) electrons. The van der Waals surface area contributed by atoms with Crippen molar-refractivity contribution < 1.29 is 56.3 Å². The molecule has 0 bridgehead atoms. The summed E-state index contributed by atoms with van der Waals surface area (Å²) in [6.45, 7) is 14.1. The first kappa shape index (κ1) is 53.1. The van der Waals surface area contributed by atoms with Gasteiger partial charge < -0.3 is 57.7 Å². The summed E-state index contributed by atoms with van der Waals surface area (Å²) in [4.78, 5) is 58.3. The molecule has 0 saturated carbocycles. The van der Waals surface area contributed by atoms with E-state index in [-0.39, 0.29) is 64.4 Å². The molecular weight excluding hydrogens is 1020 g/mol. The Kier molecular flexibility index (Phi) is 14.8. The number of benzene rings is 2. The summed E-state index contributed by atoms with van der Waals surface area (Å²) >= 11 is 0. The van der Waals surface area contributed by atoms with Gasteiger partial charge in [0, 0.05) is 90.5 Å². The van der Waals surface area contributed by atoms with Crippen LogP contribution in [0.25, 0.3) is 38.7 Å². The lowest BCUT2D eigenvalue weighted by atomic mass is 9.67. The van der Waals surface area contributed by atoms with Gasteiger partial charge in [0.25, 0.3) is 0 Å². The third-order valence-electron chi connectivity index (χ3n) is 16.0. The Morgan fingerprint density at radius 1 is 0.785 bits per heavy atom. The second-order valence-electron chi connectivity index (χ2n) is 21.0. The van der Waals surface area contributed by atoms with E-state index in [0.717, 1.165) is 44.8 Å². The van der Waals surface area contributed by atoms with E-state index in [1.165, 1.54) is 26.7 Å². The van der Waals surface area contributed by atoms with Crippen molar-refractivity contribution in [1.82, 2.24) is 39.7 Å². The van der Waals surface area contributed by atoms with Crippen molar-refractivity contribution in [2.24, 2.45) is 15.8 Å². The number of hydrogen-bond donors (Lipinski definition) is 2. The molecule has 4 aliphatic rings. The first-order valence-electron chi connectivity index (χ1n) is 26.7. The number of hydrogen-bond acceptors (Lipinski definition) is 15. The molecule has 5 aromatic heterocycles. The van der Waals surface area contributed by atoms with E-state index in [4.69, 9.17) is 37.9 Å². The van der Waals surface area contributed by atoms with Gasteiger partial charge in [-0.1, -0.05) is 0 Å². The number of halogens is 2. The van der Waals surface area contributed by atoms with Crippen LogP contribution in [0.15, 0.2) is 65.9 Å². The van der Waals surface area contributed by atoms with Crippen LogP contribution in [0.2, 0.25) is 0 Å². The summed E-state index contributed by atoms with van der Waals surface area (Å²) in [6.07, 6.45) is 8.62. The number of methoxy groups -OCH3 is 2. The van der Waals surface area contributed by atoms with Gasteiger partial charge >= 0.3 is 0 Å². The van der Waals surface area contributed by atoms with Crippen LogP contribution in [0.5, 0.6) is 40.4 Å². The monoisotopic (exact) mass is 1080 g/mol. The second-order valence-corrected chi connectivity index (χ2v) is 21.0. The van der Waals surface area contributed by atoms with E-state index in [1.807, 2.05) is 23.6 Å². The molecule has 2 N–H and O–H groups in total. The number of nitrogens with one attached hydrogen (secondary N) is 2. The smallest absolute Gasteiger partial charge is 0.230 e. The molecule has 1 atom stereocenters. The number of ether oxygens (including phenoxy) is 8. The number of allylic oxidation sites excluding steroid dienone is 1. The van der Waals surface area contributed by atoms with Crippen molar-refractivity contribution >= 4 is 63.0 Å². The minimum Gasteiger partial charge on any atom is -0.493 e. The van der Waals surface area contributed by atoms with E-state index < -0.39 is 17.7 Å². The number of aryl methyl sites for hydroxylation is 2. The molecular formula is C58H63F2N9O10. The van der Waals surface area contributed by atoms with E-state index in [0.29, 0.717) is 131 Å². The maximum atomic E-state index is 17.1. The Morgan fingerprint density at radius 2 is 1.43 bits per heavy atom. The van der Waals surface area contributed by atoms with Crippen LogP contribution in [0.4, 0.5) is 14.6 Å². The maximum absolute atomic E-state index is 17.1. The Bertz CT molecular complexity index is 3500. The van der Waals surface area contributed by atoms with Crippen molar-refractivity contribution in [2.75, 3.05) is 73.4 Å². The summed E-state index contributed by atoms with van der Waals surface area (Å²) in [5.41, 5.74) is 3.68. The van der Waals surface area contributed by atoms with E-state index in [1.54, 1.807) is 49.5 Å². The first-order chi connectivity index (χ1) is 38.3. The van der Waals surface area contributed by atoms with Gasteiger partial charge in [-0.25, -0.2) is 28.7 Å². The molecule has 4 fully saturated rings. The quantitative estimate of drug-likeness (QED) is 0.0439. The largest absolute Gasteiger partial charge is 0.493 e. The minimum absolute atomic E-state index is 0.00267. The topological polar surface area (TPSA) is 210 Å². The Labute approximate surface area is 454 Å². The molecule has 21 heteroatoms. The highest BCUT2D eigenvalue weighted by Crippen LogP contribution is 2.56. The number of rotatable bonds is 19. The predicted octanol–water partition coefficient (Wildman–Crippen LogP) is 10.4. The number of carbonyl (C=O) groups is 2. The number of aromatic nitrogens is 6. The average Bonchev–Trinajstić information content (AvgIpc) is 4.23. The SMILES string of the molecule is C=Nc1[nH]c(C)c(C2OCC23CCN(C(=O)CCCOc2cc4ncnc(Oc5cnc6[nH]c(C)cc6c5F)c4cc2OC)CC3)c1/C(F)=C(\C)Oc1ccnc2cc(OCCCC(=O)N3CCC4(CC3)COC4)c(OC)cc12. The van der Waals surface area contributed by atoms with Crippen LogP contribution in [0.1, 0.15) is 86.9 Å². The van der Waals surface area contributed by atoms with Crippen molar-refractivity contribution in [2.45, 2.75) is 78.2 Å². The molecule has 11 rings (SSSR count). The lowest BCUT2D eigenvalue weighted by Crippen LogP contribution is -2.54. The average molecular weight is 1080 g/mol. The lowest BCUT2D eigenvalue weighted by molar-refractivity contribution is -0.212. The van der Waals surface area contributed by atoms with Gasteiger partial charge in [-0.2, -0.15) is 0 Å². The molecule has 2 aromatic carbocycles. The van der Waals surface area contributed by atoms with Crippen molar-refractivity contribution in [3.63, 3.8) is 0 Å². The number of piperidine rings is 2. The molecule has 19 nitrogen and oxygen atoms in total. The number of pyridine rings is 2. The van der Waals surface area contributed by atoms with Crippen molar-refractivity contribution in [3.8, 4) is 40.4 Å². The van der Waals surface area contributed by atoms with Crippen LogP contribution in [0.3, 0.4) is 0 Å². The third-order valence-corrected chi connectivity index (χ3v) is 16.0. The zero-order valence-corrected chi connectivity index (χ0v) is 45.0. The fraction of sp³-hybridized carbons (Fsp3) is 0.431. The summed E-state index contributed by atoms with van der Waals surface area (Å²) in [6, 6.07) is 10.2. The van der Waals surface area contributed by atoms with Crippen LogP contribution >= 0.6 is 0 Å². The number of likely N-dealkylation sites (tertiary alicyclic amines) is 2. The number of aromatic amines is 2. The molecule has 2 spiro atoms. The van der Waals surface area contributed by atoms with Gasteiger partial charge in [0.05, 0.1) is 86.9 Å². The minimum atomic E-state index is -0.630. The van der Waals surface area contributed by atoms with Gasteiger partial charge in [0.1, 0.15) is 29.3 Å². The van der Waals surface area contributed by atoms with Crippen LogP contribution in [-0.2, 0) is 19.1 Å². The third kappa shape index (κ3) is 10.4. The van der Waals surface area contributed by atoms with Crippen LogP contribution in [0, 0.1) is 30.5 Å².